The van der Waals surface area contributed by atoms with E-state index in [0.717, 1.165) is 17.1 Å². The normalized spacial score (nSPS) is 10.5. The maximum absolute atomic E-state index is 5.25. The molecule has 1 N–H and O–H groups in total. The van der Waals surface area contributed by atoms with Crippen LogP contribution in [0.25, 0.3) is 0 Å². The van der Waals surface area contributed by atoms with Crippen molar-refractivity contribution in [2.75, 3.05) is 14.2 Å². The predicted molar refractivity (Wildman–Crippen MR) is 69.1 cm³/mol. The first kappa shape index (κ1) is 13.4. The molecule has 0 fully saturated rings. The summed E-state index contributed by atoms with van der Waals surface area (Å²) in [7, 11) is 3.24. The number of nitrogens with one attached hydrogen (secondary N) is 1. The quantitative estimate of drug-likeness (QED) is 0.855. The molecule has 1 aromatic heterocycles. The monoisotopic (exact) mass is 263 g/mol. The summed E-state index contributed by atoms with van der Waals surface area (Å²) in [5.74, 6) is 2.66. The topological polar surface area (TPSA) is 69.4 Å². The van der Waals surface area contributed by atoms with Gasteiger partial charge in [-0.05, 0) is 24.6 Å². The van der Waals surface area contributed by atoms with E-state index in [1.54, 1.807) is 21.1 Å². The number of nitrogens with zero attached hydrogens (tertiary/aromatic N) is 2. The van der Waals surface area contributed by atoms with Crippen molar-refractivity contribution in [3.63, 3.8) is 0 Å². The third kappa shape index (κ3) is 3.45. The van der Waals surface area contributed by atoms with E-state index in [9.17, 15) is 0 Å². The summed E-state index contributed by atoms with van der Waals surface area (Å²) in [6, 6.07) is 5.80. The fraction of sp³-hybridized carbons (Fsp3) is 0.385. The highest BCUT2D eigenvalue weighted by atomic mass is 16.5. The lowest BCUT2D eigenvalue weighted by Crippen LogP contribution is -2.13. The number of rotatable bonds is 6. The van der Waals surface area contributed by atoms with Crippen LogP contribution in [0.3, 0.4) is 0 Å². The van der Waals surface area contributed by atoms with E-state index in [4.69, 9.17) is 14.0 Å². The number of ether oxygens (including phenoxy) is 2. The van der Waals surface area contributed by atoms with Gasteiger partial charge in [-0.3, -0.25) is 0 Å². The van der Waals surface area contributed by atoms with Gasteiger partial charge >= 0.3 is 0 Å². The average Bonchev–Trinajstić information content (AvgIpc) is 2.84. The van der Waals surface area contributed by atoms with Crippen molar-refractivity contribution >= 4 is 0 Å². The molecule has 1 heterocycles. The third-order valence-electron chi connectivity index (χ3n) is 2.62. The van der Waals surface area contributed by atoms with Gasteiger partial charge in [0, 0.05) is 6.54 Å². The summed E-state index contributed by atoms with van der Waals surface area (Å²) in [6.45, 7) is 3.01. The van der Waals surface area contributed by atoms with Gasteiger partial charge in [-0.1, -0.05) is 11.2 Å². The Bertz CT molecular complexity index is 540. The lowest BCUT2D eigenvalue weighted by molar-refractivity contribution is 0.353. The minimum atomic E-state index is 0.537. The van der Waals surface area contributed by atoms with Crippen LogP contribution < -0.4 is 14.8 Å². The van der Waals surface area contributed by atoms with E-state index in [0.29, 0.717) is 24.8 Å². The number of aryl methyl sites for hydroxylation is 1. The minimum absolute atomic E-state index is 0.537. The molecule has 0 unspecified atom stereocenters. The molecule has 0 saturated heterocycles. The zero-order chi connectivity index (χ0) is 13.7. The molecular formula is C13H17N3O3. The highest BCUT2D eigenvalue weighted by molar-refractivity contribution is 5.42. The molecule has 2 rings (SSSR count). The summed E-state index contributed by atoms with van der Waals surface area (Å²) in [5, 5.41) is 6.96. The van der Waals surface area contributed by atoms with Crippen molar-refractivity contribution in [2.45, 2.75) is 20.0 Å². The molecule has 0 radical (unpaired) electrons. The molecule has 6 nitrogen and oxygen atoms in total. The number of hydrogen-bond acceptors (Lipinski definition) is 6. The van der Waals surface area contributed by atoms with E-state index in [2.05, 4.69) is 15.5 Å². The van der Waals surface area contributed by atoms with Crippen molar-refractivity contribution in [2.24, 2.45) is 0 Å². The molecule has 0 spiro atoms. The second-order valence-electron chi connectivity index (χ2n) is 4.03. The third-order valence-corrected chi connectivity index (χ3v) is 2.62. The Morgan fingerprint density at radius 1 is 1.16 bits per heavy atom. The van der Waals surface area contributed by atoms with Crippen LogP contribution in [0.1, 0.15) is 17.3 Å². The second kappa shape index (κ2) is 6.19. The van der Waals surface area contributed by atoms with E-state index < -0.39 is 0 Å². The lowest BCUT2D eigenvalue weighted by atomic mass is 10.2. The van der Waals surface area contributed by atoms with Crippen molar-refractivity contribution in [1.82, 2.24) is 15.5 Å². The molecule has 0 aliphatic carbocycles. The SMILES string of the molecule is COc1ccc(CNCc2nc(C)no2)cc1OC. The summed E-state index contributed by atoms with van der Waals surface area (Å²) in [4.78, 5) is 4.12. The highest BCUT2D eigenvalue weighted by Gasteiger charge is 2.05. The van der Waals surface area contributed by atoms with E-state index in [1.807, 2.05) is 18.2 Å². The first-order chi connectivity index (χ1) is 9.22. The summed E-state index contributed by atoms with van der Waals surface area (Å²) in [6.07, 6.45) is 0. The largest absolute Gasteiger partial charge is 0.493 e. The molecule has 0 atom stereocenters. The molecule has 0 aliphatic rings. The highest BCUT2D eigenvalue weighted by Crippen LogP contribution is 2.27. The average molecular weight is 263 g/mol. The first-order valence-electron chi connectivity index (χ1n) is 5.93. The number of aromatic nitrogens is 2. The number of benzene rings is 1. The minimum Gasteiger partial charge on any atom is -0.493 e. The Morgan fingerprint density at radius 3 is 2.58 bits per heavy atom. The van der Waals surface area contributed by atoms with Crippen LogP contribution in [0, 0.1) is 6.92 Å². The molecule has 0 saturated carbocycles. The molecule has 102 valence electrons. The van der Waals surface area contributed by atoms with Gasteiger partial charge in [0.1, 0.15) is 0 Å². The Balaban J connectivity index is 1.92. The molecule has 2 aromatic rings. The van der Waals surface area contributed by atoms with Crippen LogP contribution in [-0.4, -0.2) is 24.4 Å². The van der Waals surface area contributed by atoms with Gasteiger partial charge in [0.15, 0.2) is 17.3 Å². The molecule has 1 aromatic carbocycles. The zero-order valence-corrected chi connectivity index (χ0v) is 11.3. The molecule has 19 heavy (non-hydrogen) atoms. The fourth-order valence-corrected chi connectivity index (χ4v) is 1.72. The second-order valence-corrected chi connectivity index (χ2v) is 4.03. The van der Waals surface area contributed by atoms with Crippen molar-refractivity contribution < 1.29 is 14.0 Å². The van der Waals surface area contributed by atoms with Gasteiger partial charge in [0.25, 0.3) is 0 Å². The van der Waals surface area contributed by atoms with Gasteiger partial charge in [0.05, 0.1) is 20.8 Å². The lowest BCUT2D eigenvalue weighted by Gasteiger charge is -2.09. The first-order valence-corrected chi connectivity index (χ1v) is 5.93. The van der Waals surface area contributed by atoms with Crippen LogP contribution in [0.2, 0.25) is 0 Å². The Labute approximate surface area is 111 Å². The fourth-order valence-electron chi connectivity index (χ4n) is 1.72. The summed E-state index contributed by atoms with van der Waals surface area (Å²) >= 11 is 0. The molecule has 6 heteroatoms. The van der Waals surface area contributed by atoms with E-state index in [-0.39, 0.29) is 0 Å². The molecule has 0 aliphatic heterocycles. The maximum Gasteiger partial charge on any atom is 0.240 e. The van der Waals surface area contributed by atoms with Crippen LogP contribution in [0.4, 0.5) is 0 Å². The number of methoxy groups -OCH3 is 2. The van der Waals surface area contributed by atoms with Gasteiger partial charge in [-0.2, -0.15) is 4.98 Å². The Hall–Kier alpha value is -2.08. The predicted octanol–water partition coefficient (Wildman–Crippen LogP) is 1.69. The van der Waals surface area contributed by atoms with Crippen LogP contribution in [0.5, 0.6) is 11.5 Å². The van der Waals surface area contributed by atoms with Gasteiger partial charge in [-0.15, -0.1) is 0 Å². The molecular weight excluding hydrogens is 246 g/mol. The van der Waals surface area contributed by atoms with E-state index in [1.165, 1.54) is 0 Å². The summed E-state index contributed by atoms with van der Waals surface area (Å²) < 4.78 is 15.5. The van der Waals surface area contributed by atoms with Gasteiger partial charge in [0.2, 0.25) is 5.89 Å². The summed E-state index contributed by atoms with van der Waals surface area (Å²) in [5.41, 5.74) is 1.09. The Kier molecular flexibility index (Phi) is 4.35. The smallest absolute Gasteiger partial charge is 0.240 e. The van der Waals surface area contributed by atoms with E-state index >= 15 is 0 Å². The van der Waals surface area contributed by atoms with Crippen molar-refractivity contribution in [3.8, 4) is 11.5 Å². The van der Waals surface area contributed by atoms with Crippen LogP contribution in [-0.2, 0) is 13.1 Å². The van der Waals surface area contributed by atoms with Gasteiger partial charge in [-0.25, -0.2) is 0 Å². The van der Waals surface area contributed by atoms with Crippen molar-refractivity contribution in [1.29, 1.82) is 0 Å². The maximum atomic E-state index is 5.25. The Morgan fingerprint density at radius 2 is 1.95 bits per heavy atom. The van der Waals surface area contributed by atoms with Gasteiger partial charge < -0.3 is 19.3 Å². The van der Waals surface area contributed by atoms with Crippen molar-refractivity contribution in [3.05, 3.63) is 35.5 Å². The standard InChI is InChI=1S/C13H17N3O3/c1-9-15-13(19-16-9)8-14-7-10-4-5-11(17-2)12(6-10)18-3/h4-6,14H,7-8H2,1-3H3. The van der Waals surface area contributed by atoms with Crippen LogP contribution >= 0.6 is 0 Å². The molecule has 0 amide bonds. The van der Waals surface area contributed by atoms with Crippen LogP contribution in [0.15, 0.2) is 22.7 Å². The molecule has 0 bridgehead atoms. The number of hydrogen-bond donors (Lipinski definition) is 1. The zero-order valence-electron chi connectivity index (χ0n) is 11.3.